The summed E-state index contributed by atoms with van der Waals surface area (Å²) in [7, 11) is 1.66. The van der Waals surface area contributed by atoms with Crippen molar-refractivity contribution in [3.63, 3.8) is 0 Å². The molecule has 5 heteroatoms. The maximum Gasteiger partial charge on any atom is 0.254 e. The van der Waals surface area contributed by atoms with Gasteiger partial charge in [0, 0.05) is 24.5 Å². The summed E-state index contributed by atoms with van der Waals surface area (Å²) in [6.45, 7) is 1.50. The number of methoxy groups -OCH3 is 1. The standard InChI is InChI=1S/C22H23N3O2/c1-27-20-11-9-18(10-12-20)21-4-2-15-25(21)22(26)19-7-5-17(6-8-19)16-24-14-3-13-23-24/h3,5-14,21H,2,4,15-16H2,1H3. The fourth-order valence-corrected chi connectivity index (χ4v) is 3.68. The first-order valence-electron chi connectivity index (χ1n) is 9.26. The smallest absolute Gasteiger partial charge is 0.254 e. The normalized spacial score (nSPS) is 16.5. The average molecular weight is 361 g/mol. The Labute approximate surface area is 159 Å². The number of carbonyl (C=O) groups is 1. The minimum Gasteiger partial charge on any atom is -0.497 e. The zero-order chi connectivity index (χ0) is 18.6. The Balaban J connectivity index is 1.48. The van der Waals surface area contributed by atoms with E-state index in [2.05, 4.69) is 17.2 Å². The quantitative estimate of drug-likeness (QED) is 0.692. The highest BCUT2D eigenvalue weighted by atomic mass is 16.5. The molecule has 0 bridgehead atoms. The summed E-state index contributed by atoms with van der Waals surface area (Å²) >= 11 is 0. The summed E-state index contributed by atoms with van der Waals surface area (Å²) < 4.78 is 7.11. The fraction of sp³-hybridized carbons (Fsp3) is 0.273. The monoisotopic (exact) mass is 361 g/mol. The van der Waals surface area contributed by atoms with Gasteiger partial charge in [-0.05, 0) is 54.3 Å². The van der Waals surface area contributed by atoms with Crippen LogP contribution in [0.2, 0.25) is 0 Å². The van der Waals surface area contributed by atoms with Crippen molar-refractivity contribution in [2.45, 2.75) is 25.4 Å². The molecule has 0 aliphatic carbocycles. The topological polar surface area (TPSA) is 47.4 Å². The molecule has 5 nitrogen and oxygen atoms in total. The van der Waals surface area contributed by atoms with E-state index >= 15 is 0 Å². The number of amides is 1. The van der Waals surface area contributed by atoms with Crippen molar-refractivity contribution in [1.29, 1.82) is 0 Å². The number of benzene rings is 2. The molecule has 3 aromatic rings. The Morgan fingerprint density at radius 3 is 2.59 bits per heavy atom. The van der Waals surface area contributed by atoms with E-state index in [9.17, 15) is 4.79 Å². The second kappa shape index (κ2) is 7.66. The lowest BCUT2D eigenvalue weighted by molar-refractivity contribution is 0.0735. The highest BCUT2D eigenvalue weighted by molar-refractivity contribution is 5.94. The molecule has 27 heavy (non-hydrogen) atoms. The van der Waals surface area contributed by atoms with Crippen LogP contribution in [0.5, 0.6) is 5.75 Å². The molecule has 1 aliphatic rings. The Morgan fingerprint density at radius 2 is 1.93 bits per heavy atom. The number of rotatable bonds is 5. The van der Waals surface area contributed by atoms with Gasteiger partial charge in [-0.1, -0.05) is 24.3 Å². The van der Waals surface area contributed by atoms with Gasteiger partial charge in [0.25, 0.3) is 5.91 Å². The van der Waals surface area contributed by atoms with Gasteiger partial charge in [0.2, 0.25) is 0 Å². The van der Waals surface area contributed by atoms with E-state index in [4.69, 9.17) is 4.74 Å². The maximum atomic E-state index is 13.1. The number of nitrogens with zero attached hydrogens (tertiary/aromatic N) is 3. The first-order chi connectivity index (χ1) is 13.2. The van der Waals surface area contributed by atoms with Crippen molar-refractivity contribution in [2.75, 3.05) is 13.7 Å². The third kappa shape index (κ3) is 3.72. The van der Waals surface area contributed by atoms with Crippen molar-refractivity contribution >= 4 is 5.91 Å². The van der Waals surface area contributed by atoms with Gasteiger partial charge in [-0.3, -0.25) is 9.48 Å². The van der Waals surface area contributed by atoms with E-state index in [1.54, 1.807) is 13.3 Å². The molecule has 1 amide bonds. The number of hydrogen-bond donors (Lipinski definition) is 0. The second-order valence-corrected chi connectivity index (χ2v) is 6.83. The third-order valence-electron chi connectivity index (χ3n) is 5.12. The van der Waals surface area contributed by atoms with Gasteiger partial charge in [0.15, 0.2) is 0 Å². The molecule has 1 saturated heterocycles. The first kappa shape index (κ1) is 17.3. The number of ether oxygens (including phenoxy) is 1. The highest BCUT2D eigenvalue weighted by Gasteiger charge is 2.30. The molecule has 0 radical (unpaired) electrons. The average Bonchev–Trinajstić information content (AvgIpc) is 3.40. The van der Waals surface area contributed by atoms with E-state index < -0.39 is 0 Å². The molecule has 1 unspecified atom stereocenters. The molecule has 2 heterocycles. The summed E-state index contributed by atoms with van der Waals surface area (Å²) in [5.74, 6) is 0.932. The lowest BCUT2D eigenvalue weighted by Gasteiger charge is -2.25. The number of likely N-dealkylation sites (tertiary alicyclic amines) is 1. The van der Waals surface area contributed by atoms with E-state index in [0.717, 1.165) is 41.8 Å². The Kier molecular flexibility index (Phi) is 4.92. The molecule has 0 saturated carbocycles. The number of hydrogen-bond acceptors (Lipinski definition) is 3. The molecule has 138 valence electrons. The summed E-state index contributed by atoms with van der Waals surface area (Å²) in [5.41, 5.74) is 3.03. The zero-order valence-corrected chi connectivity index (χ0v) is 15.4. The lowest BCUT2D eigenvalue weighted by atomic mass is 10.0. The number of aromatic nitrogens is 2. The van der Waals surface area contributed by atoms with Crippen LogP contribution in [-0.4, -0.2) is 34.2 Å². The molecule has 1 aromatic heterocycles. The van der Waals surface area contributed by atoms with Crippen LogP contribution in [0.25, 0.3) is 0 Å². The highest BCUT2D eigenvalue weighted by Crippen LogP contribution is 2.33. The SMILES string of the molecule is COc1ccc(C2CCCN2C(=O)c2ccc(Cn3cccn3)cc2)cc1. The molecule has 0 spiro atoms. The molecule has 2 aromatic carbocycles. The maximum absolute atomic E-state index is 13.1. The van der Waals surface area contributed by atoms with Crippen molar-refractivity contribution in [3.05, 3.63) is 83.7 Å². The molecule has 1 fully saturated rings. The van der Waals surface area contributed by atoms with E-state index in [0.29, 0.717) is 6.54 Å². The van der Waals surface area contributed by atoms with Crippen LogP contribution in [0.1, 0.15) is 40.4 Å². The van der Waals surface area contributed by atoms with Crippen LogP contribution >= 0.6 is 0 Å². The van der Waals surface area contributed by atoms with Gasteiger partial charge in [-0.2, -0.15) is 5.10 Å². The first-order valence-corrected chi connectivity index (χ1v) is 9.26. The minimum atomic E-state index is 0.0963. The predicted octanol–water partition coefficient (Wildman–Crippen LogP) is 3.92. The molecule has 1 atom stereocenters. The van der Waals surface area contributed by atoms with Gasteiger partial charge in [-0.15, -0.1) is 0 Å². The molecule has 1 aliphatic heterocycles. The van der Waals surface area contributed by atoms with Crippen molar-refractivity contribution in [2.24, 2.45) is 0 Å². The zero-order valence-electron chi connectivity index (χ0n) is 15.4. The second-order valence-electron chi connectivity index (χ2n) is 6.83. The lowest BCUT2D eigenvalue weighted by Crippen LogP contribution is -2.30. The van der Waals surface area contributed by atoms with Crippen molar-refractivity contribution in [3.8, 4) is 5.75 Å². The van der Waals surface area contributed by atoms with Crippen LogP contribution in [-0.2, 0) is 6.54 Å². The Hall–Kier alpha value is -3.08. The largest absolute Gasteiger partial charge is 0.497 e. The van der Waals surface area contributed by atoms with Crippen LogP contribution in [0, 0.1) is 0 Å². The van der Waals surface area contributed by atoms with Crippen molar-refractivity contribution < 1.29 is 9.53 Å². The van der Waals surface area contributed by atoms with Crippen LogP contribution in [0.3, 0.4) is 0 Å². The third-order valence-corrected chi connectivity index (χ3v) is 5.12. The summed E-state index contributed by atoms with van der Waals surface area (Å²) in [4.78, 5) is 15.1. The van der Waals surface area contributed by atoms with Crippen LogP contribution < -0.4 is 4.74 Å². The van der Waals surface area contributed by atoms with Gasteiger partial charge in [0.1, 0.15) is 5.75 Å². The van der Waals surface area contributed by atoms with Gasteiger partial charge >= 0.3 is 0 Å². The van der Waals surface area contributed by atoms with Gasteiger partial charge in [-0.25, -0.2) is 0 Å². The molecular weight excluding hydrogens is 338 g/mol. The van der Waals surface area contributed by atoms with E-state index in [-0.39, 0.29) is 11.9 Å². The minimum absolute atomic E-state index is 0.0963. The summed E-state index contributed by atoms with van der Waals surface area (Å²) in [6, 6.07) is 17.9. The Morgan fingerprint density at radius 1 is 1.15 bits per heavy atom. The van der Waals surface area contributed by atoms with Crippen LogP contribution in [0.15, 0.2) is 67.0 Å². The predicted molar refractivity (Wildman–Crippen MR) is 104 cm³/mol. The van der Waals surface area contributed by atoms with E-state index in [1.807, 2.05) is 58.2 Å². The van der Waals surface area contributed by atoms with Crippen molar-refractivity contribution in [1.82, 2.24) is 14.7 Å². The van der Waals surface area contributed by atoms with Gasteiger partial charge < -0.3 is 9.64 Å². The Bertz CT molecular complexity index is 886. The molecule has 0 N–H and O–H groups in total. The molecular formula is C22H23N3O2. The summed E-state index contributed by atoms with van der Waals surface area (Å²) in [5, 5.41) is 4.22. The molecule has 4 rings (SSSR count). The van der Waals surface area contributed by atoms with Crippen LogP contribution in [0.4, 0.5) is 0 Å². The number of carbonyl (C=O) groups excluding carboxylic acids is 1. The van der Waals surface area contributed by atoms with E-state index in [1.165, 1.54) is 0 Å². The van der Waals surface area contributed by atoms with Gasteiger partial charge in [0.05, 0.1) is 19.7 Å². The fourth-order valence-electron chi connectivity index (χ4n) is 3.68. The summed E-state index contributed by atoms with van der Waals surface area (Å²) in [6.07, 6.45) is 5.72.